The number of nitrogens with zero attached hydrogens (tertiary/aromatic N) is 2. The van der Waals surface area contributed by atoms with Crippen LogP contribution in [-0.2, 0) is 0 Å². The van der Waals surface area contributed by atoms with E-state index in [1.165, 1.54) is 30.6 Å². The van der Waals surface area contributed by atoms with Crippen molar-refractivity contribution in [3.63, 3.8) is 0 Å². The van der Waals surface area contributed by atoms with E-state index in [0.29, 0.717) is 31.6 Å². The zero-order chi connectivity index (χ0) is 16.0. The van der Waals surface area contributed by atoms with Gasteiger partial charge >= 0.3 is 6.18 Å². The maximum atomic E-state index is 12.3. The van der Waals surface area contributed by atoms with E-state index in [-0.39, 0.29) is 5.92 Å². The number of hydrogen-bond acceptors (Lipinski definition) is 2. The Hall–Kier alpha value is -0.980. The molecule has 1 unspecified atom stereocenters. The van der Waals surface area contributed by atoms with Crippen LogP contribution in [-0.4, -0.2) is 49.3 Å². The maximum Gasteiger partial charge on any atom is 0.401 e. The summed E-state index contributed by atoms with van der Waals surface area (Å²) in [5.41, 5.74) is 5.92. The predicted molar refractivity (Wildman–Crippen MR) is 81.7 cm³/mol. The third kappa shape index (κ3) is 6.42. The first-order valence-corrected chi connectivity index (χ1v) is 8.28. The average Bonchev–Trinajstić information content (AvgIpc) is 2.68. The van der Waals surface area contributed by atoms with E-state index in [1.807, 2.05) is 0 Å². The summed E-state index contributed by atoms with van der Waals surface area (Å²) >= 11 is 0. The van der Waals surface area contributed by atoms with Gasteiger partial charge in [-0.25, -0.2) is 0 Å². The SMILES string of the molecule is NC(=NCC1CCN(CC(F)(F)F)C1)NC1CCCCCC1. The van der Waals surface area contributed by atoms with Crippen molar-refractivity contribution in [3.8, 4) is 0 Å². The fourth-order valence-corrected chi connectivity index (χ4v) is 3.36. The van der Waals surface area contributed by atoms with Gasteiger partial charge in [-0.05, 0) is 31.7 Å². The van der Waals surface area contributed by atoms with Crippen LogP contribution in [0.3, 0.4) is 0 Å². The van der Waals surface area contributed by atoms with E-state index in [0.717, 1.165) is 19.3 Å². The molecule has 1 heterocycles. The fraction of sp³-hybridized carbons (Fsp3) is 0.933. The zero-order valence-corrected chi connectivity index (χ0v) is 13.0. The summed E-state index contributed by atoms with van der Waals surface area (Å²) in [6, 6.07) is 0.400. The molecule has 0 aromatic carbocycles. The largest absolute Gasteiger partial charge is 0.401 e. The van der Waals surface area contributed by atoms with Gasteiger partial charge in [-0.3, -0.25) is 9.89 Å². The van der Waals surface area contributed by atoms with Crippen LogP contribution in [0.15, 0.2) is 4.99 Å². The molecule has 1 saturated carbocycles. The highest BCUT2D eigenvalue weighted by molar-refractivity contribution is 5.78. The van der Waals surface area contributed by atoms with Crippen LogP contribution in [0.1, 0.15) is 44.9 Å². The Morgan fingerprint density at radius 3 is 2.45 bits per heavy atom. The highest BCUT2D eigenvalue weighted by Gasteiger charge is 2.34. The van der Waals surface area contributed by atoms with Gasteiger partial charge in [0.2, 0.25) is 0 Å². The Bertz CT molecular complexity index is 362. The molecule has 0 spiro atoms. The highest BCUT2D eigenvalue weighted by atomic mass is 19.4. The van der Waals surface area contributed by atoms with E-state index in [9.17, 15) is 13.2 Å². The van der Waals surface area contributed by atoms with Crippen LogP contribution in [0.2, 0.25) is 0 Å². The van der Waals surface area contributed by atoms with E-state index in [4.69, 9.17) is 5.73 Å². The number of nitrogens with two attached hydrogens (primary N) is 1. The van der Waals surface area contributed by atoms with Crippen molar-refractivity contribution >= 4 is 5.96 Å². The molecule has 7 heteroatoms. The van der Waals surface area contributed by atoms with Crippen molar-refractivity contribution < 1.29 is 13.2 Å². The molecule has 2 aliphatic rings. The highest BCUT2D eigenvalue weighted by Crippen LogP contribution is 2.23. The first kappa shape index (κ1) is 17.4. The summed E-state index contributed by atoms with van der Waals surface area (Å²) in [5, 5.41) is 3.27. The van der Waals surface area contributed by atoms with Gasteiger partial charge in [0.1, 0.15) is 0 Å². The minimum Gasteiger partial charge on any atom is -0.370 e. The standard InChI is InChI=1S/C15H27F3N4/c16-15(17,18)11-22-8-7-12(10-22)9-20-14(19)21-13-5-3-1-2-4-6-13/h12-13H,1-11H2,(H3,19,20,21). The Balaban J connectivity index is 1.70. The molecule has 4 nitrogen and oxygen atoms in total. The fourth-order valence-electron chi connectivity index (χ4n) is 3.36. The van der Waals surface area contributed by atoms with Crippen LogP contribution in [0.25, 0.3) is 0 Å². The third-order valence-corrected chi connectivity index (χ3v) is 4.50. The molecular weight excluding hydrogens is 293 g/mol. The van der Waals surface area contributed by atoms with Crippen LogP contribution < -0.4 is 11.1 Å². The van der Waals surface area contributed by atoms with Gasteiger partial charge in [0.15, 0.2) is 5.96 Å². The maximum absolute atomic E-state index is 12.3. The topological polar surface area (TPSA) is 53.6 Å². The number of alkyl halides is 3. The van der Waals surface area contributed by atoms with Crippen molar-refractivity contribution in [1.29, 1.82) is 0 Å². The second-order valence-electron chi connectivity index (χ2n) is 6.56. The quantitative estimate of drug-likeness (QED) is 0.475. The van der Waals surface area contributed by atoms with Crippen molar-refractivity contribution in [1.82, 2.24) is 10.2 Å². The molecule has 0 amide bonds. The first-order chi connectivity index (χ1) is 10.4. The summed E-state index contributed by atoms with van der Waals surface area (Å²) in [6.07, 6.45) is 3.91. The zero-order valence-electron chi connectivity index (χ0n) is 13.0. The number of hydrogen-bond donors (Lipinski definition) is 2. The Kier molecular flexibility index (Phi) is 6.35. The molecule has 3 N–H and O–H groups in total. The van der Waals surface area contributed by atoms with Crippen LogP contribution in [0.5, 0.6) is 0 Å². The number of halogens is 3. The van der Waals surface area contributed by atoms with E-state index in [2.05, 4.69) is 10.3 Å². The van der Waals surface area contributed by atoms with Crippen molar-refractivity contribution in [3.05, 3.63) is 0 Å². The predicted octanol–water partition coefficient (Wildman–Crippen LogP) is 2.50. The molecule has 22 heavy (non-hydrogen) atoms. The Labute approximate surface area is 130 Å². The van der Waals surface area contributed by atoms with Gasteiger partial charge in [0.05, 0.1) is 6.54 Å². The molecular formula is C15H27F3N4. The normalized spacial score (nSPS) is 26.1. The smallest absolute Gasteiger partial charge is 0.370 e. The molecule has 0 bridgehead atoms. The monoisotopic (exact) mass is 320 g/mol. The molecule has 2 fully saturated rings. The Morgan fingerprint density at radius 2 is 1.82 bits per heavy atom. The lowest BCUT2D eigenvalue weighted by molar-refractivity contribution is -0.143. The van der Waals surface area contributed by atoms with Crippen molar-refractivity contribution in [2.45, 2.75) is 57.2 Å². The van der Waals surface area contributed by atoms with Gasteiger partial charge in [-0.2, -0.15) is 13.2 Å². The van der Waals surface area contributed by atoms with Gasteiger partial charge in [0.25, 0.3) is 0 Å². The van der Waals surface area contributed by atoms with Gasteiger partial charge < -0.3 is 11.1 Å². The number of nitrogens with one attached hydrogen (secondary N) is 1. The summed E-state index contributed by atoms with van der Waals surface area (Å²) in [5.74, 6) is 0.623. The van der Waals surface area contributed by atoms with E-state index >= 15 is 0 Å². The molecule has 1 saturated heterocycles. The third-order valence-electron chi connectivity index (χ3n) is 4.50. The minimum atomic E-state index is -4.11. The van der Waals surface area contributed by atoms with Crippen LogP contribution >= 0.6 is 0 Å². The summed E-state index contributed by atoms with van der Waals surface area (Å²) in [6.45, 7) is 0.651. The van der Waals surface area contributed by atoms with Crippen LogP contribution in [0.4, 0.5) is 13.2 Å². The average molecular weight is 320 g/mol. The molecule has 0 aromatic rings. The van der Waals surface area contributed by atoms with Gasteiger partial charge in [-0.1, -0.05) is 25.7 Å². The van der Waals surface area contributed by atoms with Crippen LogP contribution in [0, 0.1) is 5.92 Å². The summed E-state index contributed by atoms with van der Waals surface area (Å²) in [7, 11) is 0. The lowest BCUT2D eigenvalue weighted by Gasteiger charge is -2.18. The van der Waals surface area contributed by atoms with Crippen molar-refractivity contribution in [2.24, 2.45) is 16.6 Å². The van der Waals surface area contributed by atoms with E-state index in [1.54, 1.807) is 0 Å². The van der Waals surface area contributed by atoms with Gasteiger partial charge in [-0.15, -0.1) is 0 Å². The minimum absolute atomic E-state index is 0.178. The number of rotatable bonds is 4. The number of aliphatic imine (C=N–C) groups is 1. The molecule has 0 radical (unpaired) electrons. The van der Waals surface area contributed by atoms with Crippen molar-refractivity contribution in [2.75, 3.05) is 26.2 Å². The number of likely N-dealkylation sites (tertiary alicyclic amines) is 1. The first-order valence-electron chi connectivity index (χ1n) is 8.28. The second kappa shape index (κ2) is 8.04. The summed E-state index contributed by atoms with van der Waals surface area (Å²) < 4.78 is 37.0. The lowest BCUT2D eigenvalue weighted by atomic mass is 10.1. The Morgan fingerprint density at radius 1 is 1.14 bits per heavy atom. The number of guanidine groups is 1. The lowest BCUT2D eigenvalue weighted by Crippen LogP contribution is -2.40. The molecule has 1 atom stereocenters. The van der Waals surface area contributed by atoms with E-state index < -0.39 is 12.7 Å². The molecule has 0 aromatic heterocycles. The summed E-state index contributed by atoms with van der Waals surface area (Å²) in [4.78, 5) is 5.79. The van der Waals surface area contributed by atoms with Gasteiger partial charge in [0, 0.05) is 19.1 Å². The molecule has 2 rings (SSSR count). The second-order valence-corrected chi connectivity index (χ2v) is 6.56. The molecule has 1 aliphatic carbocycles. The molecule has 128 valence electrons. The molecule has 1 aliphatic heterocycles.